The van der Waals surface area contributed by atoms with Crippen molar-refractivity contribution in [2.45, 2.75) is 25.9 Å². The van der Waals surface area contributed by atoms with Crippen LogP contribution in [0.1, 0.15) is 23.7 Å². The first-order chi connectivity index (χ1) is 6.25. The minimum atomic E-state index is 0.394. The topological polar surface area (TPSA) is 37.0 Å². The van der Waals surface area contributed by atoms with Crippen LogP contribution >= 0.6 is 11.3 Å². The van der Waals surface area contributed by atoms with E-state index in [4.69, 9.17) is 0 Å². The molecule has 1 aromatic heterocycles. The average molecular weight is 197 g/mol. The van der Waals surface area contributed by atoms with Crippen molar-refractivity contribution in [3.63, 3.8) is 0 Å². The maximum Gasteiger partial charge on any atom is 0.110 e. The Hall–Kier alpha value is -0.450. The van der Waals surface area contributed by atoms with Gasteiger partial charge in [0.2, 0.25) is 0 Å². The van der Waals surface area contributed by atoms with E-state index in [1.54, 1.807) is 11.3 Å². The normalized spacial score (nSPS) is 19.8. The van der Waals surface area contributed by atoms with E-state index >= 15 is 0 Å². The second-order valence-corrected chi connectivity index (χ2v) is 4.46. The van der Waals surface area contributed by atoms with Gasteiger partial charge in [-0.15, -0.1) is 11.3 Å². The van der Waals surface area contributed by atoms with Crippen molar-refractivity contribution < 1.29 is 0 Å². The van der Waals surface area contributed by atoms with Crippen LogP contribution in [-0.2, 0) is 0 Å². The van der Waals surface area contributed by atoms with Crippen LogP contribution in [0, 0.1) is 6.92 Å². The summed E-state index contributed by atoms with van der Waals surface area (Å²) in [7, 11) is 0. The van der Waals surface area contributed by atoms with E-state index in [1.807, 2.05) is 6.92 Å². The first kappa shape index (κ1) is 9.12. The van der Waals surface area contributed by atoms with Crippen LogP contribution in [0.2, 0.25) is 0 Å². The Kier molecular flexibility index (Phi) is 2.62. The van der Waals surface area contributed by atoms with Gasteiger partial charge in [0, 0.05) is 30.2 Å². The van der Waals surface area contributed by atoms with Gasteiger partial charge in [0.1, 0.15) is 5.01 Å². The fraction of sp³-hybridized carbons (Fsp3) is 0.667. The fourth-order valence-corrected chi connectivity index (χ4v) is 2.22. The largest absolute Gasteiger partial charge is 0.314 e. The lowest BCUT2D eigenvalue weighted by Gasteiger charge is -2.30. The van der Waals surface area contributed by atoms with E-state index in [1.165, 1.54) is 5.01 Å². The summed E-state index contributed by atoms with van der Waals surface area (Å²) >= 11 is 1.74. The van der Waals surface area contributed by atoms with Gasteiger partial charge in [0.15, 0.2) is 0 Å². The predicted octanol–water partition coefficient (Wildman–Crippen LogP) is 1.07. The summed E-state index contributed by atoms with van der Waals surface area (Å²) in [5.41, 5.74) is 1.13. The molecule has 2 N–H and O–H groups in total. The van der Waals surface area contributed by atoms with E-state index in [-0.39, 0.29) is 0 Å². The van der Waals surface area contributed by atoms with E-state index in [0.717, 1.165) is 18.8 Å². The van der Waals surface area contributed by atoms with Crippen molar-refractivity contribution in [1.82, 2.24) is 15.6 Å². The first-order valence-corrected chi connectivity index (χ1v) is 5.52. The van der Waals surface area contributed by atoms with Crippen molar-refractivity contribution in [3.8, 4) is 0 Å². The number of hydrogen-bond donors (Lipinski definition) is 2. The molecule has 1 saturated heterocycles. The molecule has 0 spiro atoms. The zero-order chi connectivity index (χ0) is 9.26. The lowest BCUT2D eigenvalue weighted by Crippen LogP contribution is -2.55. The summed E-state index contributed by atoms with van der Waals surface area (Å²) in [5, 5.41) is 10.1. The van der Waals surface area contributed by atoms with Crippen LogP contribution in [0.5, 0.6) is 0 Å². The Bertz CT molecular complexity index is 280. The van der Waals surface area contributed by atoms with Crippen LogP contribution < -0.4 is 10.6 Å². The third kappa shape index (κ3) is 2.07. The zero-order valence-corrected chi connectivity index (χ0v) is 8.82. The Balaban J connectivity index is 1.92. The number of thiazole rings is 1. The molecule has 0 bridgehead atoms. The molecule has 1 aliphatic heterocycles. The van der Waals surface area contributed by atoms with Gasteiger partial charge in [0.25, 0.3) is 0 Å². The molecular formula is C9H15N3S. The Morgan fingerprint density at radius 2 is 2.46 bits per heavy atom. The smallest absolute Gasteiger partial charge is 0.110 e. The molecule has 2 rings (SSSR count). The van der Waals surface area contributed by atoms with Crippen LogP contribution in [0.3, 0.4) is 0 Å². The van der Waals surface area contributed by atoms with Crippen LogP contribution in [0.25, 0.3) is 0 Å². The summed E-state index contributed by atoms with van der Waals surface area (Å²) in [4.78, 5) is 4.46. The summed E-state index contributed by atoms with van der Waals surface area (Å²) in [5.74, 6) is 0. The number of nitrogens with one attached hydrogen (secondary N) is 2. The molecule has 0 radical (unpaired) electrons. The molecule has 72 valence electrons. The third-order valence-electron chi connectivity index (χ3n) is 2.27. The summed E-state index contributed by atoms with van der Waals surface area (Å²) in [6.07, 6.45) is 0. The van der Waals surface area contributed by atoms with Crippen molar-refractivity contribution in [2.24, 2.45) is 0 Å². The van der Waals surface area contributed by atoms with Gasteiger partial charge in [-0.1, -0.05) is 0 Å². The maximum atomic E-state index is 4.46. The molecule has 1 unspecified atom stereocenters. The summed E-state index contributed by atoms with van der Waals surface area (Å²) in [6.45, 7) is 6.40. The van der Waals surface area contributed by atoms with Gasteiger partial charge in [0.05, 0.1) is 6.04 Å². The molecule has 4 heteroatoms. The number of aryl methyl sites for hydroxylation is 1. The maximum absolute atomic E-state index is 4.46. The molecule has 0 saturated carbocycles. The molecule has 0 aromatic carbocycles. The van der Waals surface area contributed by atoms with Gasteiger partial charge in [-0.2, -0.15) is 0 Å². The van der Waals surface area contributed by atoms with Crippen molar-refractivity contribution in [2.75, 3.05) is 13.1 Å². The van der Waals surface area contributed by atoms with E-state index in [9.17, 15) is 0 Å². The Morgan fingerprint density at radius 3 is 2.92 bits per heavy atom. The van der Waals surface area contributed by atoms with Crippen LogP contribution in [0.4, 0.5) is 0 Å². The monoisotopic (exact) mass is 197 g/mol. The average Bonchev–Trinajstić information content (AvgIpc) is 2.44. The van der Waals surface area contributed by atoms with Crippen LogP contribution in [0.15, 0.2) is 5.38 Å². The molecule has 0 aliphatic carbocycles. The van der Waals surface area contributed by atoms with Gasteiger partial charge in [-0.3, -0.25) is 0 Å². The van der Waals surface area contributed by atoms with E-state index < -0.39 is 0 Å². The summed E-state index contributed by atoms with van der Waals surface area (Å²) < 4.78 is 0. The molecule has 13 heavy (non-hydrogen) atoms. The predicted molar refractivity (Wildman–Crippen MR) is 55.1 cm³/mol. The molecule has 3 nitrogen and oxygen atoms in total. The van der Waals surface area contributed by atoms with Crippen LogP contribution in [-0.4, -0.2) is 24.1 Å². The zero-order valence-electron chi connectivity index (χ0n) is 8.00. The highest BCUT2D eigenvalue weighted by Crippen LogP contribution is 2.18. The fourth-order valence-electron chi connectivity index (χ4n) is 1.40. The van der Waals surface area contributed by atoms with Gasteiger partial charge >= 0.3 is 0 Å². The van der Waals surface area contributed by atoms with Gasteiger partial charge in [-0.05, 0) is 13.8 Å². The minimum Gasteiger partial charge on any atom is -0.314 e. The number of aromatic nitrogens is 1. The quantitative estimate of drug-likeness (QED) is 0.761. The lowest BCUT2D eigenvalue weighted by atomic mass is 10.1. The Labute approximate surface area is 82.6 Å². The molecule has 1 atom stereocenters. The van der Waals surface area contributed by atoms with Crippen molar-refractivity contribution in [1.29, 1.82) is 0 Å². The number of nitrogens with zero attached hydrogens (tertiary/aromatic N) is 1. The van der Waals surface area contributed by atoms with E-state index in [0.29, 0.717) is 12.1 Å². The highest BCUT2D eigenvalue weighted by Gasteiger charge is 2.20. The summed E-state index contributed by atoms with van der Waals surface area (Å²) in [6, 6.07) is 1.03. The molecule has 1 fully saturated rings. The number of hydrogen-bond acceptors (Lipinski definition) is 4. The first-order valence-electron chi connectivity index (χ1n) is 4.64. The molecular weight excluding hydrogens is 182 g/mol. The highest BCUT2D eigenvalue weighted by molar-refractivity contribution is 7.09. The standard InChI is InChI=1S/C9H15N3S/c1-6-5-13-9(11-6)7(2)12-8-3-10-4-8/h5,7-8,10,12H,3-4H2,1-2H3. The second kappa shape index (κ2) is 3.74. The van der Waals surface area contributed by atoms with Crippen molar-refractivity contribution in [3.05, 3.63) is 16.1 Å². The molecule has 1 aliphatic rings. The molecule has 0 amide bonds. The second-order valence-electron chi connectivity index (χ2n) is 3.57. The Morgan fingerprint density at radius 1 is 1.69 bits per heavy atom. The number of rotatable bonds is 3. The molecule has 2 heterocycles. The minimum absolute atomic E-state index is 0.394. The van der Waals surface area contributed by atoms with Crippen molar-refractivity contribution >= 4 is 11.3 Å². The third-order valence-corrected chi connectivity index (χ3v) is 3.42. The lowest BCUT2D eigenvalue weighted by molar-refractivity contribution is 0.338. The SMILES string of the molecule is Cc1csc(C(C)NC2CNC2)n1. The molecule has 1 aromatic rings. The van der Waals surface area contributed by atoms with E-state index in [2.05, 4.69) is 27.9 Å². The van der Waals surface area contributed by atoms with Gasteiger partial charge < -0.3 is 10.6 Å². The highest BCUT2D eigenvalue weighted by atomic mass is 32.1. The van der Waals surface area contributed by atoms with Gasteiger partial charge in [-0.25, -0.2) is 4.98 Å².